The summed E-state index contributed by atoms with van der Waals surface area (Å²) < 4.78 is 0. The molecule has 0 radical (unpaired) electrons. The van der Waals surface area contributed by atoms with Crippen LogP contribution in [0.25, 0.3) is 0 Å². The van der Waals surface area contributed by atoms with Crippen LogP contribution in [-0.4, -0.2) is 35.3 Å². The van der Waals surface area contributed by atoms with E-state index in [1.165, 1.54) is 6.42 Å². The summed E-state index contributed by atoms with van der Waals surface area (Å²) in [6, 6.07) is -0.618. The molecule has 4 nitrogen and oxygen atoms in total. The van der Waals surface area contributed by atoms with Crippen molar-refractivity contribution in [3.05, 3.63) is 0 Å². The molecule has 1 aliphatic heterocycles. The van der Waals surface area contributed by atoms with Crippen molar-refractivity contribution < 1.29 is 9.59 Å². The van der Waals surface area contributed by atoms with Crippen molar-refractivity contribution in [2.45, 2.75) is 78.8 Å². The second-order valence-electron chi connectivity index (χ2n) is 6.96. The first-order valence-electron chi connectivity index (χ1n) is 8.49. The van der Waals surface area contributed by atoms with Crippen LogP contribution < -0.4 is 5.32 Å². The van der Waals surface area contributed by atoms with Crippen LogP contribution in [0.1, 0.15) is 66.7 Å². The van der Waals surface area contributed by atoms with Crippen molar-refractivity contribution in [2.75, 3.05) is 6.54 Å². The minimum Gasteiger partial charge on any atom is -0.342 e. The molecule has 21 heavy (non-hydrogen) atoms. The van der Waals surface area contributed by atoms with Gasteiger partial charge in [-0.05, 0) is 24.7 Å². The van der Waals surface area contributed by atoms with Crippen LogP contribution in [0.15, 0.2) is 0 Å². The Hall–Kier alpha value is -1.06. The van der Waals surface area contributed by atoms with Gasteiger partial charge in [0.25, 0.3) is 0 Å². The first-order valence-corrected chi connectivity index (χ1v) is 8.49. The summed E-state index contributed by atoms with van der Waals surface area (Å²) in [4.78, 5) is 26.8. The van der Waals surface area contributed by atoms with Crippen molar-refractivity contribution in [1.82, 2.24) is 10.2 Å². The van der Waals surface area contributed by atoms with Crippen LogP contribution in [0.2, 0.25) is 0 Å². The molecule has 2 unspecified atom stereocenters. The lowest BCUT2D eigenvalue weighted by Crippen LogP contribution is -2.64. The average Bonchev–Trinajstić information content (AvgIpc) is 2.38. The van der Waals surface area contributed by atoms with E-state index >= 15 is 0 Å². The van der Waals surface area contributed by atoms with E-state index in [2.05, 4.69) is 19.2 Å². The van der Waals surface area contributed by atoms with Gasteiger partial charge in [0.05, 0.1) is 0 Å². The Labute approximate surface area is 129 Å². The quantitative estimate of drug-likeness (QED) is 0.700. The van der Waals surface area contributed by atoms with E-state index in [4.69, 9.17) is 0 Å². The molecule has 1 saturated heterocycles. The highest BCUT2D eigenvalue weighted by atomic mass is 16.2. The van der Waals surface area contributed by atoms with Crippen LogP contribution in [-0.2, 0) is 9.59 Å². The molecule has 1 N–H and O–H groups in total. The summed E-state index contributed by atoms with van der Waals surface area (Å²) in [6.07, 6.45) is 4.92. The highest BCUT2D eigenvalue weighted by Crippen LogP contribution is 2.20. The molecule has 1 heterocycles. The minimum absolute atomic E-state index is 0.0203. The monoisotopic (exact) mass is 296 g/mol. The molecule has 122 valence electrons. The molecule has 0 spiro atoms. The molecule has 0 saturated carbocycles. The Balaban J connectivity index is 2.70. The smallest absolute Gasteiger partial charge is 0.245 e. The number of amides is 2. The highest BCUT2D eigenvalue weighted by molar-refractivity contribution is 5.97. The Morgan fingerprint density at radius 2 is 1.81 bits per heavy atom. The fourth-order valence-corrected chi connectivity index (χ4v) is 3.03. The van der Waals surface area contributed by atoms with Crippen molar-refractivity contribution >= 4 is 11.8 Å². The summed E-state index contributed by atoms with van der Waals surface area (Å²) in [5, 5.41) is 2.91. The maximum Gasteiger partial charge on any atom is 0.245 e. The van der Waals surface area contributed by atoms with E-state index in [1.807, 2.05) is 25.7 Å². The molecular formula is C17H32N2O2. The Morgan fingerprint density at radius 3 is 2.33 bits per heavy atom. The van der Waals surface area contributed by atoms with E-state index in [0.717, 1.165) is 25.7 Å². The lowest BCUT2D eigenvalue weighted by molar-refractivity contribution is -0.151. The number of hydrogen-bond donors (Lipinski definition) is 1. The topological polar surface area (TPSA) is 49.4 Å². The maximum atomic E-state index is 12.6. The molecule has 4 heteroatoms. The van der Waals surface area contributed by atoms with Gasteiger partial charge in [-0.2, -0.15) is 0 Å². The molecule has 0 aliphatic carbocycles. The summed E-state index contributed by atoms with van der Waals surface area (Å²) in [6.45, 7) is 11.2. The number of hydrogen-bond acceptors (Lipinski definition) is 2. The maximum absolute atomic E-state index is 12.6. The van der Waals surface area contributed by atoms with Crippen molar-refractivity contribution in [3.63, 3.8) is 0 Å². The van der Waals surface area contributed by atoms with Gasteiger partial charge in [0.15, 0.2) is 0 Å². The number of unbranched alkanes of at least 4 members (excludes halogenated alkanes) is 1. The minimum atomic E-state index is -0.317. The number of rotatable bonds is 8. The predicted octanol–water partition coefficient (Wildman–Crippen LogP) is 2.96. The van der Waals surface area contributed by atoms with Gasteiger partial charge < -0.3 is 10.2 Å². The van der Waals surface area contributed by atoms with Gasteiger partial charge in [-0.3, -0.25) is 9.59 Å². The molecule has 1 rings (SSSR count). The SMILES string of the molecule is CCCC1NC(=O)C(C(C)C)N(CCCCC(C)C)C1=O. The fraction of sp³-hybridized carbons (Fsp3) is 0.882. The molecule has 0 aromatic rings. The Morgan fingerprint density at radius 1 is 1.14 bits per heavy atom. The lowest BCUT2D eigenvalue weighted by atomic mass is 9.95. The normalized spacial score (nSPS) is 23.1. The van der Waals surface area contributed by atoms with Crippen LogP contribution in [0.5, 0.6) is 0 Å². The number of nitrogens with one attached hydrogen (secondary N) is 1. The van der Waals surface area contributed by atoms with Gasteiger partial charge in [-0.15, -0.1) is 0 Å². The largest absolute Gasteiger partial charge is 0.342 e. The second kappa shape index (κ2) is 8.40. The fourth-order valence-electron chi connectivity index (χ4n) is 3.03. The highest BCUT2D eigenvalue weighted by Gasteiger charge is 2.40. The zero-order chi connectivity index (χ0) is 16.0. The molecule has 0 aromatic heterocycles. The van der Waals surface area contributed by atoms with Gasteiger partial charge in [-0.1, -0.05) is 53.9 Å². The van der Waals surface area contributed by atoms with Gasteiger partial charge in [0.2, 0.25) is 11.8 Å². The third-order valence-corrected chi connectivity index (χ3v) is 4.14. The molecule has 1 aliphatic rings. The Kier molecular flexibility index (Phi) is 7.20. The summed E-state index contributed by atoms with van der Waals surface area (Å²) >= 11 is 0. The Bertz CT molecular complexity index is 353. The summed E-state index contributed by atoms with van der Waals surface area (Å²) in [5.74, 6) is 0.979. The number of nitrogens with zero attached hydrogens (tertiary/aromatic N) is 1. The van der Waals surface area contributed by atoms with E-state index in [-0.39, 0.29) is 29.8 Å². The first kappa shape index (κ1) is 18.0. The van der Waals surface area contributed by atoms with Crippen molar-refractivity contribution in [1.29, 1.82) is 0 Å². The number of carbonyl (C=O) groups is 2. The lowest BCUT2D eigenvalue weighted by Gasteiger charge is -2.41. The van der Waals surface area contributed by atoms with E-state index in [1.54, 1.807) is 0 Å². The number of carbonyl (C=O) groups excluding carboxylic acids is 2. The van der Waals surface area contributed by atoms with Gasteiger partial charge >= 0.3 is 0 Å². The molecule has 0 bridgehead atoms. The first-order chi connectivity index (χ1) is 9.88. The molecule has 0 aromatic carbocycles. The van der Waals surface area contributed by atoms with E-state index in [0.29, 0.717) is 12.5 Å². The van der Waals surface area contributed by atoms with Crippen LogP contribution in [0, 0.1) is 11.8 Å². The van der Waals surface area contributed by atoms with E-state index in [9.17, 15) is 9.59 Å². The average molecular weight is 296 g/mol. The van der Waals surface area contributed by atoms with Crippen LogP contribution in [0.4, 0.5) is 0 Å². The summed E-state index contributed by atoms with van der Waals surface area (Å²) in [5.41, 5.74) is 0. The third kappa shape index (κ3) is 5.01. The second-order valence-corrected chi connectivity index (χ2v) is 6.96. The zero-order valence-corrected chi connectivity index (χ0v) is 14.3. The standard InChI is InChI=1S/C17H32N2O2/c1-6-9-14-17(21)19(11-8-7-10-12(2)3)15(13(4)5)16(20)18-14/h12-15H,6-11H2,1-5H3,(H,18,20). The summed E-state index contributed by atoms with van der Waals surface area (Å²) in [7, 11) is 0. The predicted molar refractivity (Wildman–Crippen MR) is 85.9 cm³/mol. The van der Waals surface area contributed by atoms with Crippen molar-refractivity contribution in [3.8, 4) is 0 Å². The third-order valence-electron chi connectivity index (χ3n) is 4.14. The van der Waals surface area contributed by atoms with Crippen molar-refractivity contribution in [2.24, 2.45) is 11.8 Å². The van der Waals surface area contributed by atoms with E-state index < -0.39 is 0 Å². The molecular weight excluding hydrogens is 264 g/mol. The molecule has 1 fully saturated rings. The number of piperazine rings is 1. The van der Waals surface area contributed by atoms with Crippen LogP contribution in [0.3, 0.4) is 0 Å². The molecule has 2 atom stereocenters. The van der Waals surface area contributed by atoms with Gasteiger partial charge in [0.1, 0.15) is 12.1 Å². The zero-order valence-electron chi connectivity index (χ0n) is 14.3. The van der Waals surface area contributed by atoms with Gasteiger partial charge in [-0.25, -0.2) is 0 Å². The van der Waals surface area contributed by atoms with Gasteiger partial charge in [0, 0.05) is 6.54 Å². The molecule has 2 amide bonds. The van der Waals surface area contributed by atoms with Crippen LogP contribution >= 0.6 is 0 Å².